The molecule has 0 radical (unpaired) electrons. The third-order valence-electron chi connectivity index (χ3n) is 4.24. The van der Waals surface area contributed by atoms with E-state index in [4.69, 9.17) is 9.15 Å². The van der Waals surface area contributed by atoms with E-state index in [2.05, 4.69) is 15.9 Å². The van der Waals surface area contributed by atoms with Gasteiger partial charge in [-0.05, 0) is 54.1 Å². The highest BCUT2D eigenvalue weighted by Crippen LogP contribution is 2.25. The molecule has 0 N–H and O–H groups in total. The van der Waals surface area contributed by atoms with Crippen LogP contribution in [0.5, 0.6) is 5.75 Å². The number of nitrogens with zero attached hydrogens (tertiary/aromatic N) is 1. The largest absolute Gasteiger partial charge is 0.425 e. The summed E-state index contributed by atoms with van der Waals surface area (Å²) in [4.78, 5) is 24.7. The number of carbonyl (C=O) groups excluding carboxylic acids is 1. The molecule has 0 aliphatic rings. The van der Waals surface area contributed by atoms with Crippen molar-refractivity contribution in [2.45, 2.75) is 13.0 Å². The minimum Gasteiger partial charge on any atom is -0.425 e. The number of hydrogen-bond acceptors (Lipinski definition) is 4. The van der Waals surface area contributed by atoms with Crippen LogP contribution in [0.25, 0.3) is 21.9 Å². The van der Waals surface area contributed by atoms with Gasteiger partial charge >= 0.3 is 11.7 Å². The number of aromatic nitrogens is 1. The molecule has 1 heterocycles. The molecule has 1 aromatic heterocycles. The molecule has 0 aliphatic carbocycles. The number of benzene rings is 3. The average molecular weight is 412 g/mol. The molecule has 0 fully saturated rings. The normalized spacial score (nSPS) is 12.4. The van der Waals surface area contributed by atoms with Gasteiger partial charge in [0.25, 0.3) is 0 Å². The first kappa shape index (κ1) is 16.6. The van der Waals surface area contributed by atoms with Gasteiger partial charge in [0.2, 0.25) is 0 Å². The molecular weight excluding hydrogens is 398 g/mol. The number of halogens is 1. The van der Waals surface area contributed by atoms with Crippen LogP contribution in [0.3, 0.4) is 0 Å². The maximum absolute atomic E-state index is 12.6. The van der Waals surface area contributed by atoms with Crippen molar-refractivity contribution in [2.75, 3.05) is 0 Å². The van der Waals surface area contributed by atoms with Crippen molar-refractivity contribution in [3.05, 3.63) is 75.7 Å². The molecule has 3 aromatic carbocycles. The van der Waals surface area contributed by atoms with Crippen molar-refractivity contribution in [1.29, 1.82) is 0 Å². The summed E-state index contributed by atoms with van der Waals surface area (Å²) in [6.45, 7) is 1.61. The third-order valence-corrected chi connectivity index (χ3v) is 4.73. The Kier molecular flexibility index (Phi) is 4.12. The number of para-hydroxylation sites is 2. The van der Waals surface area contributed by atoms with E-state index in [-0.39, 0.29) is 0 Å². The van der Waals surface area contributed by atoms with E-state index >= 15 is 0 Å². The van der Waals surface area contributed by atoms with Gasteiger partial charge in [-0.1, -0.05) is 40.2 Å². The monoisotopic (exact) mass is 411 g/mol. The molecule has 4 rings (SSSR count). The molecule has 4 aromatic rings. The van der Waals surface area contributed by atoms with Crippen LogP contribution in [0.2, 0.25) is 0 Å². The lowest BCUT2D eigenvalue weighted by Gasteiger charge is -2.12. The van der Waals surface area contributed by atoms with Crippen molar-refractivity contribution in [3.8, 4) is 5.75 Å². The van der Waals surface area contributed by atoms with Crippen molar-refractivity contribution >= 4 is 43.8 Å². The first-order valence-electron chi connectivity index (χ1n) is 8.04. The summed E-state index contributed by atoms with van der Waals surface area (Å²) in [5.74, 6) is -0.688. The molecular formula is C20H14BrNO4. The highest BCUT2D eigenvalue weighted by Gasteiger charge is 2.23. The van der Waals surface area contributed by atoms with E-state index in [0.29, 0.717) is 16.8 Å². The summed E-state index contributed by atoms with van der Waals surface area (Å²) in [5.41, 5.74) is 0.999. The maximum atomic E-state index is 12.6. The number of oxazole rings is 1. The van der Waals surface area contributed by atoms with Crippen LogP contribution >= 0.6 is 15.9 Å². The van der Waals surface area contributed by atoms with E-state index in [9.17, 15) is 9.59 Å². The molecule has 5 nitrogen and oxygen atoms in total. The molecule has 6 heteroatoms. The minimum atomic E-state index is -0.813. The van der Waals surface area contributed by atoms with Crippen LogP contribution in [0.4, 0.5) is 0 Å². The van der Waals surface area contributed by atoms with Crippen molar-refractivity contribution < 1.29 is 13.9 Å². The smallest absolute Gasteiger partial charge is 0.420 e. The zero-order valence-corrected chi connectivity index (χ0v) is 15.4. The van der Waals surface area contributed by atoms with Crippen molar-refractivity contribution in [1.82, 2.24) is 4.57 Å². The predicted octanol–water partition coefficient (Wildman–Crippen LogP) is 4.68. The first-order chi connectivity index (χ1) is 12.5. The van der Waals surface area contributed by atoms with Gasteiger partial charge in [-0.2, -0.15) is 0 Å². The number of carbonyl (C=O) groups is 1. The van der Waals surface area contributed by atoms with Crippen LogP contribution in [0, 0.1) is 0 Å². The Balaban J connectivity index is 1.64. The molecule has 0 spiro atoms. The Morgan fingerprint density at radius 2 is 1.81 bits per heavy atom. The third kappa shape index (κ3) is 2.93. The topological polar surface area (TPSA) is 61.4 Å². The highest BCUT2D eigenvalue weighted by atomic mass is 79.9. The summed E-state index contributed by atoms with van der Waals surface area (Å²) in [7, 11) is 0. The van der Waals surface area contributed by atoms with Gasteiger partial charge in [-0.25, -0.2) is 9.59 Å². The SMILES string of the molecule is CC(C(=O)Oc1ccc2cc(Br)ccc2c1)n1c(=O)oc2ccccc21. The number of esters is 1. The van der Waals surface area contributed by atoms with E-state index in [1.54, 1.807) is 43.3 Å². The maximum Gasteiger partial charge on any atom is 0.420 e. The van der Waals surface area contributed by atoms with Crippen LogP contribution in [0.15, 0.2) is 74.3 Å². The second kappa shape index (κ2) is 6.46. The lowest BCUT2D eigenvalue weighted by molar-refractivity contribution is -0.137. The Hall–Kier alpha value is -2.86. The van der Waals surface area contributed by atoms with E-state index < -0.39 is 17.8 Å². The zero-order chi connectivity index (χ0) is 18.3. The van der Waals surface area contributed by atoms with Gasteiger partial charge in [0.05, 0.1) is 5.52 Å². The highest BCUT2D eigenvalue weighted by molar-refractivity contribution is 9.10. The minimum absolute atomic E-state index is 0.428. The van der Waals surface area contributed by atoms with Gasteiger partial charge in [0.15, 0.2) is 5.58 Å². The lowest BCUT2D eigenvalue weighted by atomic mass is 10.1. The zero-order valence-electron chi connectivity index (χ0n) is 13.8. The quantitative estimate of drug-likeness (QED) is 0.362. The standard InChI is InChI=1S/C20H14BrNO4/c1-12(22-17-4-2-3-5-18(17)26-20(22)24)19(23)25-16-9-7-13-10-15(21)8-6-14(13)11-16/h2-12H,1H3. The molecule has 0 bridgehead atoms. The number of rotatable bonds is 3. The van der Waals surface area contributed by atoms with Gasteiger partial charge < -0.3 is 9.15 Å². The fourth-order valence-electron chi connectivity index (χ4n) is 2.92. The van der Waals surface area contributed by atoms with Gasteiger partial charge in [0.1, 0.15) is 11.8 Å². The van der Waals surface area contributed by atoms with E-state index in [0.717, 1.165) is 15.2 Å². The molecule has 0 aliphatic heterocycles. The molecule has 0 amide bonds. The molecule has 0 saturated carbocycles. The molecule has 1 unspecified atom stereocenters. The Morgan fingerprint density at radius 1 is 1.08 bits per heavy atom. The fourth-order valence-corrected chi connectivity index (χ4v) is 3.29. The predicted molar refractivity (Wildman–Crippen MR) is 102 cm³/mol. The second-order valence-electron chi connectivity index (χ2n) is 5.96. The summed E-state index contributed by atoms with van der Waals surface area (Å²) >= 11 is 3.43. The second-order valence-corrected chi connectivity index (χ2v) is 6.87. The van der Waals surface area contributed by atoms with Gasteiger partial charge in [-0.3, -0.25) is 4.57 Å². The van der Waals surface area contributed by atoms with Crippen LogP contribution in [0.1, 0.15) is 13.0 Å². The first-order valence-corrected chi connectivity index (χ1v) is 8.83. The van der Waals surface area contributed by atoms with Crippen LogP contribution in [-0.4, -0.2) is 10.5 Å². The van der Waals surface area contributed by atoms with Gasteiger partial charge in [-0.15, -0.1) is 0 Å². The number of ether oxygens (including phenoxy) is 1. The van der Waals surface area contributed by atoms with Gasteiger partial charge in [0, 0.05) is 4.47 Å². The van der Waals surface area contributed by atoms with Crippen LogP contribution < -0.4 is 10.5 Å². The van der Waals surface area contributed by atoms with Crippen molar-refractivity contribution in [3.63, 3.8) is 0 Å². The lowest BCUT2D eigenvalue weighted by Crippen LogP contribution is -2.28. The average Bonchev–Trinajstić information content (AvgIpc) is 2.96. The summed E-state index contributed by atoms with van der Waals surface area (Å²) in [6.07, 6.45) is 0. The Bertz CT molecular complexity index is 1190. The number of fused-ring (bicyclic) bond motifs is 2. The molecule has 1 atom stereocenters. The Labute approximate surface area is 156 Å². The van der Waals surface area contributed by atoms with Crippen molar-refractivity contribution in [2.24, 2.45) is 0 Å². The Morgan fingerprint density at radius 3 is 2.65 bits per heavy atom. The van der Waals surface area contributed by atoms with Crippen LogP contribution in [-0.2, 0) is 4.79 Å². The fraction of sp³-hybridized carbons (Fsp3) is 0.100. The molecule has 130 valence electrons. The van der Waals surface area contributed by atoms with E-state index in [1.807, 2.05) is 24.3 Å². The molecule has 0 saturated heterocycles. The van der Waals surface area contributed by atoms with E-state index in [1.165, 1.54) is 4.57 Å². The number of hydrogen-bond donors (Lipinski definition) is 0. The molecule has 26 heavy (non-hydrogen) atoms. The summed E-state index contributed by atoms with van der Waals surface area (Å²) in [5, 5.41) is 1.99. The summed E-state index contributed by atoms with van der Waals surface area (Å²) < 4.78 is 13.0. The summed E-state index contributed by atoms with van der Waals surface area (Å²) in [6, 6.07) is 17.4.